The van der Waals surface area contributed by atoms with Crippen LogP contribution < -0.4 is 5.32 Å². The van der Waals surface area contributed by atoms with Crippen molar-refractivity contribution in [1.29, 1.82) is 0 Å². The Morgan fingerprint density at radius 1 is 1.35 bits per heavy atom. The molecule has 20 heavy (non-hydrogen) atoms. The number of carbonyl (C=O) groups is 2. The number of carbonyl (C=O) groups excluding carboxylic acids is 2. The van der Waals surface area contributed by atoms with Crippen LogP contribution in [-0.4, -0.2) is 46.6 Å². The molecule has 2 N–H and O–H groups in total. The Kier molecular flexibility index (Phi) is 5.02. The topological polar surface area (TPSA) is 69.6 Å². The van der Waals surface area contributed by atoms with Gasteiger partial charge in [0, 0.05) is 31.0 Å². The van der Waals surface area contributed by atoms with Gasteiger partial charge in [-0.3, -0.25) is 9.59 Å². The fourth-order valence-electron chi connectivity index (χ4n) is 3.33. The largest absolute Gasteiger partial charge is 0.391 e. The van der Waals surface area contributed by atoms with E-state index in [2.05, 4.69) is 5.32 Å². The lowest BCUT2D eigenvalue weighted by atomic mass is 10.1. The average Bonchev–Trinajstić information content (AvgIpc) is 2.98. The van der Waals surface area contributed by atoms with Gasteiger partial charge >= 0.3 is 0 Å². The number of likely N-dealkylation sites (tertiary alicyclic amines) is 1. The highest BCUT2D eigenvalue weighted by molar-refractivity contribution is 5.81. The molecule has 2 rings (SSSR count). The van der Waals surface area contributed by atoms with E-state index in [-0.39, 0.29) is 29.8 Å². The van der Waals surface area contributed by atoms with Crippen molar-refractivity contribution in [2.75, 3.05) is 6.54 Å². The van der Waals surface area contributed by atoms with Crippen LogP contribution in [0.4, 0.5) is 0 Å². The van der Waals surface area contributed by atoms with E-state index in [1.54, 1.807) is 4.90 Å². The molecule has 0 aromatic heterocycles. The lowest BCUT2D eigenvalue weighted by molar-refractivity contribution is -0.133. The molecular formula is C15H26N2O3. The predicted molar refractivity (Wildman–Crippen MR) is 76.0 cm³/mol. The van der Waals surface area contributed by atoms with Crippen molar-refractivity contribution in [3.05, 3.63) is 0 Å². The maximum atomic E-state index is 12.2. The van der Waals surface area contributed by atoms with Crippen LogP contribution in [0.15, 0.2) is 0 Å². The summed E-state index contributed by atoms with van der Waals surface area (Å²) >= 11 is 0. The number of aliphatic hydroxyl groups is 1. The van der Waals surface area contributed by atoms with Crippen LogP contribution in [0.1, 0.15) is 52.4 Å². The van der Waals surface area contributed by atoms with E-state index >= 15 is 0 Å². The summed E-state index contributed by atoms with van der Waals surface area (Å²) in [6.07, 6.45) is 4.77. The summed E-state index contributed by atoms with van der Waals surface area (Å²) in [4.78, 5) is 25.9. The number of hydrogen-bond acceptors (Lipinski definition) is 3. The molecule has 1 aliphatic heterocycles. The average molecular weight is 282 g/mol. The van der Waals surface area contributed by atoms with Gasteiger partial charge in [0.1, 0.15) is 0 Å². The molecule has 2 amide bonds. The first-order valence-corrected chi connectivity index (χ1v) is 7.75. The molecule has 0 bridgehead atoms. The summed E-state index contributed by atoms with van der Waals surface area (Å²) in [5.41, 5.74) is 0. The molecule has 1 aliphatic carbocycles. The van der Waals surface area contributed by atoms with E-state index in [1.165, 1.54) is 0 Å². The van der Waals surface area contributed by atoms with Gasteiger partial charge in [0.25, 0.3) is 0 Å². The van der Waals surface area contributed by atoms with Crippen molar-refractivity contribution in [3.8, 4) is 0 Å². The summed E-state index contributed by atoms with van der Waals surface area (Å²) in [5, 5.41) is 12.5. The van der Waals surface area contributed by atoms with Crippen molar-refractivity contribution >= 4 is 11.8 Å². The molecule has 0 radical (unpaired) electrons. The van der Waals surface area contributed by atoms with Gasteiger partial charge in [-0.05, 0) is 33.1 Å². The Bertz CT molecular complexity index is 366. The number of nitrogens with zero attached hydrogens (tertiary/aromatic N) is 1. The second-order valence-electron chi connectivity index (χ2n) is 6.38. The molecule has 0 spiro atoms. The molecule has 5 nitrogen and oxygen atoms in total. The van der Waals surface area contributed by atoms with E-state index in [0.29, 0.717) is 19.4 Å². The van der Waals surface area contributed by atoms with Crippen LogP contribution in [0.5, 0.6) is 0 Å². The van der Waals surface area contributed by atoms with Gasteiger partial charge in [0.15, 0.2) is 0 Å². The zero-order valence-corrected chi connectivity index (χ0v) is 12.5. The number of nitrogens with one attached hydrogen (secondary N) is 1. The molecule has 2 fully saturated rings. The van der Waals surface area contributed by atoms with Gasteiger partial charge in [0.05, 0.1) is 6.10 Å². The lowest BCUT2D eigenvalue weighted by Crippen LogP contribution is -2.42. The van der Waals surface area contributed by atoms with E-state index in [1.807, 2.05) is 13.8 Å². The fourth-order valence-corrected chi connectivity index (χ4v) is 3.33. The molecule has 114 valence electrons. The molecule has 5 heteroatoms. The van der Waals surface area contributed by atoms with Crippen molar-refractivity contribution in [3.63, 3.8) is 0 Å². The van der Waals surface area contributed by atoms with E-state index in [9.17, 15) is 14.7 Å². The molecule has 1 heterocycles. The van der Waals surface area contributed by atoms with Gasteiger partial charge in [-0.1, -0.05) is 12.8 Å². The molecular weight excluding hydrogens is 256 g/mol. The van der Waals surface area contributed by atoms with Crippen LogP contribution in [0, 0.1) is 5.92 Å². The zero-order valence-electron chi connectivity index (χ0n) is 12.5. The van der Waals surface area contributed by atoms with E-state index in [4.69, 9.17) is 0 Å². The summed E-state index contributed by atoms with van der Waals surface area (Å²) in [7, 11) is 0. The summed E-state index contributed by atoms with van der Waals surface area (Å²) in [5.74, 6) is 0.255. The highest BCUT2D eigenvalue weighted by Gasteiger charge is 2.32. The first kappa shape index (κ1) is 15.3. The van der Waals surface area contributed by atoms with Crippen LogP contribution in [-0.2, 0) is 9.59 Å². The van der Waals surface area contributed by atoms with Crippen LogP contribution in [0.25, 0.3) is 0 Å². The third-order valence-electron chi connectivity index (χ3n) is 4.47. The Morgan fingerprint density at radius 3 is 2.55 bits per heavy atom. The maximum Gasteiger partial charge on any atom is 0.224 e. The Morgan fingerprint density at radius 2 is 2.00 bits per heavy atom. The van der Waals surface area contributed by atoms with Crippen LogP contribution >= 0.6 is 0 Å². The van der Waals surface area contributed by atoms with Crippen LogP contribution in [0.2, 0.25) is 0 Å². The van der Waals surface area contributed by atoms with Gasteiger partial charge in [-0.25, -0.2) is 0 Å². The predicted octanol–water partition coefficient (Wildman–Crippen LogP) is 1.05. The molecule has 2 aliphatic rings. The highest BCUT2D eigenvalue weighted by atomic mass is 16.3. The van der Waals surface area contributed by atoms with Crippen LogP contribution in [0.3, 0.4) is 0 Å². The quantitative estimate of drug-likeness (QED) is 0.810. The van der Waals surface area contributed by atoms with E-state index in [0.717, 1.165) is 25.7 Å². The standard InChI is InChI=1S/C15H26N2O3/c1-10(16-15(20)12-5-3-4-6-12)7-14(19)17-9-13(18)8-11(17)2/h10-13,18H,3-9H2,1-2H3,(H,16,20). The maximum absolute atomic E-state index is 12.2. The molecule has 0 aromatic rings. The number of rotatable bonds is 4. The van der Waals surface area contributed by atoms with Crippen molar-refractivity contribution in [2.24, 2.45) is 5.92 Å². The zero-order chi connectivity index (χ0) is 14.7. The monoisotopic (exact) mass is 282 g/mol. The second-order valence-corrected chi connectivity index (χ2v) is 6.38. The molecule has 1 saturated heterocycles. The summed E-state index contributed by atoms with van der Waals surface area (Å²) in [6.45, 7) is 4.25. The number of β-amino-alcohol motifs (C(OH)–C–C–N with tert-alkyl or cyclic N) is 1. The number of amides is 2. The second kappa shape index (κ2) is 6.57. The fraction of sp³-hybridized carbons (Fsp3) is 0.867. The van der Waals surface area contributed by atoms with Crippen molar-refractivity contribution in [2.45, 2.75) is 70.6 Å². The molecule has 3 atom stereocenters. The van der Waals surface area contributed by atoms with E-state index < -0.39 is 6.10 Å². The van der Waals surface area contributed by atoms with Gasteiger partial charge < -0.3 is 15.3 Å². The minimum Gasteiger partial charge on any atom is -0.391 e. The Hall–Kier alpha value is -1.10. The summed E-state index contributed by atoms with van der Waals surface area (Å²) < 4.78 is 0. The third kappa shape index (κ3) is 3.72. The Labute approximate surface area is 120 Å². The van der Waals surface area contributed by atoms with Gasteiger partial charge in [-0.15, -0.1) is 0 Å². The molecule has 1 saturated carbocycles. The highest BCUT2D eigenvalue weighted by Crippen LogP contribution is 2.25. The normalized spacial score (nSPS) is 28.6. The Balaban J connectivity index is 1.77. The summed E-state index contributed by atoms with van der Waals surface area (Å²) in [6, 6.07) is -0.0456. The van der Waals surface area contributed by atoms with Crippen molar-refractivity contribution in [1.82, 2.24) is 10.2 Å². The first-order valence-electron chi connectivity index (χ1n) is 7.75. The number of aliphatic hydroxyl groups excluding tert-OH is 1. The lowest BCUT2D eigenvalue weighted by Gasteiger charge is -2.24. The van der Waals surface area contributed by atoms with Gasteiger partial charge in [0.2, 0.25) is 11.8 Å². The molecule has 0 aromatic carbocycles. The third-order valence-corrected chi connectivity index (χ3v) is 4.47. The SMILES string of the molecule is CC(CC(=O)N1CC(O)CC1C)NC(=O)C1CCCC1. The van der Waals surface area contributed by atoms with Gasteiger partial charge in [-0.2, -0.15) is 0 Å². The minimum atomic E-state index is -0.405. The van der Waals surface area contributed by atoms with Crippen molar-refractivity contribution < 1.29 is 14.7 Å². The minimum absolute atomic E-state index is 0.0215. The smallest absolute Gasteiger partial charge is 0.224 e. The number of hydrogen-bond donors (Lipinski definition) is 2. The first-order chi connectivity index (χ1) is 9.47. The molecule has 3 unspecified atom stereocenters.